The summed E-state index contributed by atoms with van der Waals surface area (Å²) in [5, 5.41) is 4.16. The highest BCUT2D eigenvalue weighted by Gasteiger charge is 2.34. The predicted octanol–water partition coefficient (Wildman–Crippen LogP) is 5.49. The summed E-state index contributed by atoms with van der Waals surface area (Å²) in [6.45, 7) is 0. The molecule has 0 spiro atoms. The third-order valence-corrected chi connectivity index (χ3v) is 6.48. The highest BCUT2D eigenvalue weighted by Crippen LogP contribution is 2.45. The Morgan fingerprint density at radius 3 is 2.50 bits per heavy atom. The Labute approximate surface area is 191 Å². The van der Waals surface area contributed by atoms with Crippen molar-refractivity contribution >= 4 is 17.4 Å². The smallest absolute Gasteiger partial charge is 0.257 e. The van der Waals surface area contributed by atoms with Crippen LogP contribution in [0.4, 0.5) is 5.82 Å². The standard InChI is InChI=1S/C25H24ClN3O3/c1-31-19-12-9-15(13-20(19)32-2)23-28-24-22(25(30)29-23)21(14-7-10-16(26)11-8-14)17-5-3-4-6-18(17)27-24/h7-13,21H,3-6H2,1-2H3,(H2,27,28,29,30). The van der Waals surface area contributed by atoms with Gasteiger partial charge < -0.3 is 19.8 Å². The topological polar surface area (TPSA) is 76.2 Å². The maximum absolute atomic E-state index is 13.4. The van der Waals surface area contributed by atoms with Crippen molar-refractivity contribution in [3.63, 3.8) is 0 Å². The number of allylic oxidation sites excluding steroid dienone is 2. The van der Waals surface area contributed by atoms with E-state index in [4.69, 9.17) is 26.1 Å². The minimum Gasteiger partial charge on any atom is -0.493 e. The average Bonchev–Trinajstić information content (AvgIpc) is 2.82. The van der Waals surface area contributed by atoms with E-state index in [0.29, 0.717) is 33.7 Å². The molecule has 1 aromatic heterocycles. The van der Waals surface area contributed by atoms with Crippen LogP contribution in [0.1, 0.15) is 42.7 Å². The number of H-pyrrole nitrogens is 1. The third-order valence-electron chi connectivity index (χ3n) is 6.23. The predicted molar refractivity (Wildman–Crippen MR) is 126 cm³/mol. The number of fused-ring (bicyclic) bond motifs is 1. The fraction of sp³-hybridized carbons (Fsp3) is 0.280. The molecule has 0 bridgehead atoms. The molecule has 3 aromatic rings. The molecule has 6 nitrogen and oxygen atoms in total. The second-order valence-electron chi connectivity index (χ2n) is 8.07. The quantitative estimate of drug-likeness (QED) is 0.550. The first-order chi connectivity index (χ1) is 15.6. The van der Waals surface area contributed by atoms with Gasteiger partial charge in [-0.25, -0.2) is 4.98 Å². The number of ether oxygens (including phenoxy) is 2. The van der Waals surface area contributed by atoms with Gasteiger partial charge >= 0.3 is 0 Å². The van der Waals surface area contributed by atoms with E-state index < -0.39 is 0 Å². The van der Waals surface area contributed by atoms with Crippen molar-refractivity contribution < 1.29 is 9.47 Å². The van der Waals surface area contributed by atoms with E-state index in [1.54, 1.807) is 20.3 Å². The minimum atomic E-state index is -0.149. The number of methoxy groups -OCH3 is 2. The molecule has 0 radical (unpaired) electrons. The maximum atomic E-state index is 13.4. The van der Waals surface area contributed by atoms with Gasteiger partial charge in [0.05, 0.1) is 19.8 Å². The van der Waals surface area contributed by atoms with Gasteiger partial charge in [0.1, 0.15) is 11.6 Å². The van der Waals surface area contributed by atoms with E-state index in [1.165, 1.54) is 11.3 Å². The summed E-state index contributed by atoms with van der Waals surface area (Å²) < 4.78 is 10.7. The molecule has 1 aliphatic heterocycles. The summed E-state index contributed by atoms with van der Waals surface area (Å²) >= 11 is 6.13. The van der Waals surface area contributed by atoms with E-state index in [-0.39, 0.29) is 11.5 Å². The van der Waals surface area contributed by atoms with E-state index in [2.05, 4.69) is 10.3 Å². The van der Waals surface area contributed by atoms with Crippen LogP contribution in [-0.2, 0) is 0 Å². The summed E-state index contributed by atoms with van der Waals surface area (Å²) in [6.07, 6.45) is 4.17. The number of nitrogens with zero attached hydrogens (tertiary/aromatic N) is 1. The van der Waals surface area contributed by atoms with Crippen LogP contribution in [-0.4, -0.2) is 24.2 Å². The molecule has 2 heterocycles. The zero-order chi connectivity index (χ0) is 22.2. The van der Waals surface area contributed by atoms with Gasteiger partial charge in [-0.1, -0.05) is 23.7 Å². The third kappa shape index (κ3) is 3.54. The molecule has 0 saturated carbocycles. The van der Waals surface area contributed by atoms with Crippen molar-refractivity contribution in [3.8, 4) is 22.9 Å². The molecule has 1 atom stereocenters. The Kier molecular flexibility index (Phi) is 5.39. The average molecular weight is 450 g/mol. The number of nitrogens with one attached hydrogen (secondary N) is 2. The molecule has 164 valence electrons. The van der Waals surface area contributed by atoms with E-state index in [1.807, 2.05) is 36.4 Å². The normalized spacial score (nSPS) is 17.3. The summed E-state index contributed by atoms with van der Waals surface area (Å²) in [5.41, 5.74) is 4.76. The molecule has 7 heteroatoms. The monoisotopic (exact) mass is 449 g/mol. The molecular formula is C25H24ClN3O3. The Bertz CT molecular complexity index is 1260. The summed E-state index contributed by atoms with van der Waals surface area (Å²) in [7, 11) is 3.17. The lowest BCUT2D eigenvalue weighted by molar-refractivity contribution is 0.355. The molecule has 2 aliphatic rings. The fourth-order valence-electron chi connectivity index (χ4n) is 4.70. The number of hydrogen-bond donors (Lipinski definition) is 2. The zero-order valence-electron chi connectivity index (χ0n) is 18.0. The molecule has 0 fully saturated rings. The molecular weight excluding hydrogens is 426 g/mol. The highest BCUT2D eigenvalue weighted by atomic mass is 35.5. The van der Waals surface area contributed by atoms with Crippen LogP contribution in [0.5, 0.6) is 11.5 Å². The molecule has 1 aliphatic carbocycles. The Hall–Kier alpha value is -3.25. The SMILES string of the molecule is COc1ccc(-c2nc3c(c(=O)[nH]2)C(c2ccc(Cl)cc2)C2=C(CCCC2)N3)cc1OC. The molecule has 32 heavy (non-hydrogen) atoms. The summed E-state index contributed by atoms with van der Waals surface area (Å²) in [5.74, 6) is 2.16. The summed E-state index contributed by atoms with van der Waals surface area (Å²) in [4.78, 5) is 21.3. The van der Waals surface area contributed by atoms with E-state index in [0.717, 1.165) is 36.8 Å². The first-order valence-electron chi connectivity index (χ1n) is 10.7. The first kappa shape index (κ1) is 20.6. The minimum absolute atomic E-state index is 0.130. The van der Waals surface area contributed by atoms with Crippen molar-refractivity contribution in [1.82, 2.24) is 9.97 Å². The van der Waals surface area contributed by atoms with Crippen LogP contribution < -0.4 is 20.3 Å². The van der Waals surface area contributed by atoms with Gasteiger partial charge in [-0.3, -0.25) is 4.79 Å². The van der Waals surface area contributed by atoms with Crippen molar-refractivity contribution in [3.05, 3.63) is 80.2 Å². The van der Waals surface area contributed by atoms with Gasteiger partial charge in [0, 0.05) is 22.2 Å². The number of aromatic amines is 1. The lowest BCUT2D eigenvalue weighted by atomic mass is 9.77. The van der Waals surface area contributed by atoms with Crippen LogP contribution in [0.25, 0.3) is 11.4 Å². The molecule has 2 aromatic carbocycles. The fourth-order valence-corrected chi connectivity index (χ4v) is 4.82. The van der Waals surface area contributed by atoms with Gasteiger partial charge in [0.25, 0.3) is 5.56 Å². The lowest BCUT2D eigenvalue weighted by Gasteiger charge is -2.33. The first-order valence-corrected chi connectivity index (χ1v) is 11.1. The van der Waals surface area contributed by atoms with E-state index in [9.17, 15) is 4.79 Å². The molecule has 2 N–H and O–H groups in total. The highest BCUT2D eigenvalue weighted by molar-refractivity contribution is 6.30. The Morgan fingerprint density at radius 1 is 1.00 bits per heavy atom. The van der Waals surface area contributed by atoms with Crippen molar-refractivity contribution in [1.29, 1.82) is 0 Å². The second-order valence-corrected chi connectivity index (χ2v) is 8.50. The lowest BCUT2D eigenvalue weighted by Crippen LogP contribution is -2.29. The second kappa shape index (κ2) is 8.36. The summed E-state index contributed by atoms with van der Waals surface area (Å²) in [6, 6.07) is 13.2. The Morgan fingerprint density at radius 2 is 1.75 bits per heavy atom. The van der Waals surface area contributed by atoms with Gasteiger partial charge in [0.15, 0.2) is 11.5 Å². The maximum Gasteiger partial charge on any atom is 0.257 e. The molecule has 0 saturated heterocycles. The molecule has 0 amide bonds. The number of benzene rings is 2. The number of anilines is 1. The Balaban J connectivity index is 1.66. The van der Waals surface area contributed by atoms with Gasteiger partial charge in [-0.15, -0.1) is 0 Å². The largest absolute Gasteiger partial charge is 0.493 e. The van der Waals surface area contributed by atoms with Crippen LogP contribution >= 0.6 is 11.6 Å². The molecule has 1 unspecified atom stereocenters. The zero-order valence-corrected chi connectivity index (χ0v) is 18.8. The number of halogens is 1. The van der Waals surface area contributed by atoms with E-state index >= 15 is 0 Å². The number of hydrogen-bond acceptors (Lipinski definition) is 5. The van der Waals surface area contributed by atoms with Crippen molar-refractivity contribution in [2.24, 2.45) is 0 Å². The van der Waals surface area contributed by atoms with Gasteiger partial charge in [-0.2, -0.15) is 0 Å². The van der Waals surface area contributed by atoms with Crippen LogP contribution in [0.15, 0.2) is 58.5 Å². The molecule has 5 rings (SSSR count). The number of aromatic nitrogens is 2. The van der Waals surface area contributed by atoms with Crippen molar-refractivity contribution in [2.45, 2.75) is 31.6 Å². The van der Waals surface area contributed by atoms with Crippen molar-refractivity contribution in [2.75, 3.05) is 19.5 Å². The van der Waals surface area contributed by atoms with Gasteiger partial charge in [-0.05, 0) is 67.2 Å². The van der Waals surface area contributed by atoms with Gasteiger partial charge in [0.2, 0.25) is 0 Å². The van der Waals surface area contributed by atoms with Crippen LogP contribution in [0, 0.1) is 0 Å². The van der Waals surface area contributed by atoms with Crippen LogP contribution in [0.2, 0.25) is 5.02 Å². The van der Waals surface area contributed by atoms with Crippen LogP contribution in [0.3, 0.4) is 0 Å². The number of rotatable bonds is 4.